The van der Waals surface area contributed by atoms with Crippen molar-refractivity contribution in [1.29, 1.82) is 0 Å². The number of aromatic nitrogens is 4. The van der Waals surface area contributed by atoms with Crippen molar-refractivity contribution in [2.45, 2.75) is 44.7 Å². The molecule has 36 heavy (non-hydrogen) atoms. The summed E-state index contributed by atoms with van der Waals surface area (Å²) in [6.45, 7) is 6.01. The average Bonchev–Trinajstić information content (AvgIpc) is 3.36. The van der Waals surface area contributed by atoms with Crippen LogP contribution in [0.2, 0.25) is 0 Å². The number of piperidine rings is 1. The van der Waals surface area contributed by atoms with Crippen LogP contribution in [0.15, 0.2) is 30.3 Å². The summed E-state index contributed by atoms with van der Waals surface area (Å²) in [6, 6.07) is 11.0. The van der Waals surface area contributed by atoms with Crippen LogP contribution in [0.4, 0.5) is 5.95 Å². The monoisotopic (exact) mass is 513 g/mol. The lowest BCUT2D eigenvalue weighted by atomic mass is 9.77. The number of tetrazole rings is 1. The molecule has 2 aliphatic rings. The van der Waals surface area contributed by atoms with Gasteiger partial charge in [-0.05, 0) is 66.3 Å². The average molecular weight is 514 g/mol. The van der Waals surface area contributed by atoms with Crippen LogP contribution < -0.4 is 20.5 Å². The lowest BCUT2D eigenvalue weighted by molar-refractivity contribution is -0.118. The minimum absolute atomic E-state index is 0. The molecule has 1 aromatic heterocycles. The zero-order chi connectivity index (χ0) is 24.5. The SMILES string of the molecule is COc1cc2c(cc1OCC(=O)Nc1nn[nH]n1)CCN1C[C@@H](c3cc(C)ccc3C)[C@H](N)C[C@H]21.Cl. The largest absolute Gasteiger partial charge is 0.493 e. The second-order valence-corrected chi connectivity index (χ2v) is 9.40. The number of hydrogen-bond acceptors (Lipinski definition) is 8. The molecule has 0 saturated carbocycles. The zero-order valence-electron chi connectivity index (χ0n) is 20.7. The van der Waals surface area contributed by atoms with Gasteiger partial charge in [-0.1, -0.05) is 28.9 Å². The van der Waals surface area contributed by atoms with E-state index in [1.165, 1.54) is 27.8 Å². The van der Waals surface area contributed by atoms with Crippen molar-refractivity contribution < 1.29 is 14.3 Å². The van der Waals surface area contributed by atoms with E-state index in [-0.39, 0.29) is 43.0 Å². The third-order valence-corrected chi connectivity index (χ3v) is 7.13. The van der Waals surface area contributed by atoms with E-state index in [1.54, 1.807) is 7.11 Å². The smallest absolute Gasteiger partial charge is 0.269 e. The second kappa shape index (κ2) is 10.8. The van der Waals surface area contributed by atoms with Crippen molar-refractivity contribution in [1.82, 2.24) is 25.5 Å². The van der Waals surface area contributed by atoms with Crippen LogP contribution in [0.5, 0.6) is 11.5 Å². The topological polar surface area (TPSA) is 131 Å². The summed E-state index contributed by atoms with van der Waals surface area (Å²) >= 11 is 0. The maximum absolute atomic E-state index is 12.2. The molecule has 11 heteroatoms. The first-order valence-corrected chi connectivity index (χ1v) is 11.9. The standard InChI is InChI=1S/C25H31N7O3.ClH/c1-14-4-5-15(2)17(8-14)19-12-32-7-6-16-9-23(35-13-24(33)27-25-28-30-31-29-25)22(34-3)10-18(16)21(32)11-20(19)26;/h4-5,8-10,19-21H,6-7,11-13,26H2,1-3H3,(H2,27,28,29,30,31,33);1H/t19-,20+,21+;/m0./s1. The van der Waals surface area contributed by atoms with Crippen LogP contribution in [0.25, 0.3) is 0 Å². The highest BCUT2D eigenvalue weighted by Gasteiger charge is 2.39. The predicted octanol–water partition coefficient (Wildman–Crippen LogP) is 2.68. The van der Waals surface area contributed by atoms with E-state index in [9.17, 15) is 4.79 Å². The molecule has 0 spiro atoms. The summed E-state index contributed by atoms with van der Waals surface area (Å²) in [5.41, 5.74) is 13.2. The number of amides is 1. The first-order valence-electron chi connectivity index (χ1n) is 11.9. The molecule has 10 nitrogen and oxygen atoms in total. The number of anilines is 1. The van der Waals surface area contributed by atoms with Crippen LogP contribution in [0.1, 0.15) is 46.2 Å². The number of aromatic amines is 1. The minimum atomic E-state index is -0.381. The number of halogens is 1. The lowest BCUT2D eigenvalue weighted by Gasteiger charge is -2.46. The van der Waals surface area contributed by atoms with E-state index in [0.717, 1.165) is 25.9 Å². The molecular formula is C25H32ClN7O3. The Kier molecular flexibility index (Phi) is 7.77. The minimum Gasteiger partial charge on any atom is -0.493 e. The Hall–Kier alpha value is -3.21. The second-order valence-electron chi connectivity index (χ2n) is 9.40. The summed E-state index contributed by atoms with van der Waals surface area (Å²) in [4.78, 5) is 14.7. The van der Waals surface area contributed by atoms with Gasteiger partial charge in [0.25, 0.3) is 11.9 Å². The normalized spacial score (nSPS) is 21.1. The number of nitrogens with two attached hydrogens (primary N) is 1. The number of aryl methyl sites for hydroxylation is 2. The third-order valence-electron chi connectivity index (χ3n) is 7.13. The number of rotatable bonds is 6. The van der Waals surface area contributed by atoms with Gasteiger partial charge >= 0.3 is 0 Å². The molecule has 3 atom stereocenters. The maximum atomic E-state index is 12.2. The van der Waals surface area contributed by atoms with E-state index in [2.05, 4.69) is 62.9 Å². The van der Waals surface area contributed by atoms with Gasteiger partial charge in [0.05, 0.1) is 7.11 Å². The summed E-state index contributed by atoms with van der Waals surface area (Å²) in [6.07, 6.45) is 1.78. The van der Waals surface area contributed by atoms with Crippen LogP contribution in [-0.4, -0.2) is 64.3 Å². The Morgan fingerprint density at radius 2 is 2.06 bits per heavy atom. The van der Waals surface area contributed by atoms with Gasteiger partial charge in [0, 0.05) is 31.1 Å². The van der Waals surface area contributed by atoms with Gasteiger partial charge in [-0.2, -0.15) is 5.21 Å². The van der Waals surface area contributed by atoms with E-state index < -0.39 is 0 Å². The van der Waals surface area contributed by atoms with Crippen LogP contribution >= 0.6 is 12.4 Å². The van der Waals surface area contributed by atoms with Gasteiger partial charge in [0.1, 0.15) is 0 Å². The van der Waals surface area contributed by atoms with Crippen molar-refractivity contribution >= 4 is 24.3 Å². The fourth-order valence-corrected chi connectivity index (χ4v) is 5.35. The van der Waals surface area contributed by atoms with Crippen molar-refractivity contribution in [3.8, 4) is 11.5 Å². The number of benzene rings is 2. The first kappa shape index (κ1) is 25.9. The molecule has 3 heterocycles. The number of methoxy groups -OCH3 is 1. The van der Waals surface area contributed by atoms with Crippen LogP contribution in [-0.2, 0) is 11.2 Å². The number of H-pyrrole nitrogens is 1. The van der Waals surface area contributed by atoms with Crippen molar-refractivity contribution in [2.75, 3.05) is 32.1 Å². The fourth-order valence-electron chi connectivity index (χ4n) is 5.35. The molecule has 1 fully saturated rings. The molecule has 3 aromatic rings. The quantitative estimate of drug-likeness (QED) is 0.458. The lowest BCUT2D eigenvalue weighted by Crippen LogP contribution is -2.49. The molecule has 2 aromatic carbocycles. The number of hydrogen-bond donors (Lipinski definition) is 3. The van der Waals surface area contributed by atoms with E-state index >= 15 is 0 Å². The molecule has 192 valence electrons. The molecular weight excluding hydrogens is 482 g/mol. The number of nitrogens with zero attached hydrogens (tertiary/aromatic N) is 4. The van der Waals surface area contributed by atoms with Gasteiger partial charge in [-0.25, -0.2) is 0 Å². The highest BCUT2D eigenvalue weighted by molar-refractivity contribution is 5.90. The van der Waals surface area contributed by atoms with Gasteiger partial charge in [0.2, 0.25) is 0 Å². The summed E-state index contributed by atoms with van der Waals surface area (Å²) in [5, 5.41) is 15.6. The fraction of sp³-hybridized carbons (Fsp3) is 0.440. The summed E-state index contributed by atoms with van der Waals surface area (Å²) in [5.74, 6) is 1.17. The van der Waals surface area contributed by atoms with E-state index in [1.807, 2.05) is 12.1 Å². The number of fused-ring (bicyclic) bond motifs is 3. The molecule has 0 unspecified atom stereocenters. The Bertz CT molecular complexity index is 1220. The molecule has 5 rings (SSSR count). The number of carbonyl (C=O) groups excluding carboxylic acids is 1. The van der Waals surface area contributed by atoms with Crippen molar-refractivity contribution in [3.05, 3.63) is 58.1 Å². The molecule has 1 saturated heterocycles. The van der Waals surface area contributed by atoms with E-state index in [0.29, 0.717) is 17.4 Å². The van der Waals surface area contributed by atoms with Gasteiger partial charge < -0.3 is 15.2 Å². The van der Waals surface area contributed by atoms with Crippen molar-refractivity contribution in [3.63, 3.8) is 0 Å². The molecule has 0 aliphatic carbocycles. The van der Waals surface area contributed by atoms with Gasteiger partial charge in [0.15, 0.2) is 18.1 Å². The Morgan fingerprint density at radius 1 is 1.22 bits per heavy atom. The summed E-state index contributed by atoms with van der Waals surface area (Å²) < 4.78 is 11.4. The molecule has 2 aliphatic heterocycles. The first-order chi connectivity index (χ1) is 16.9. The van der Waals surface area contributed by atoms with Crippen LogP contribution in [0.3, 0.4) is 0 Å². The zero-order valence-corrected chi connectivity index (χ0v) is 21.5. The molecule has 4 N–H and O–H groups in total. The molecule has 1 amide bonds. The molecule has 0 bridgehead atoms. The number of carbonyl (C=O) groups is 1. The highest BCUT2D eigenvalue weighted by Crippen LogP contribution is 2.44. The molecule has 0 radical (unpaired) electrons. The summed E-state index contributed by atoms with van der Waals surface area (Å²) in [7, 11) is 1.61. The Balaban J connectivity index is 0.00000304. The number of nitrogens with one attached hydrogen (secondary N) is 2. The maximum Gasteiger partial charge on any atom is 0.269 e. The highest BCUT2D eigenvalue weighted by atomic mass is 35.5. The predicted molar refractivity (Wildman–Crippen MR) is 138 cm³/mol. The van der Waals surface area contributed by atoms with Crippen LogP contribution in [0, 0.1) is 13.8 Å². The van der Waals surface area contributed by atoms with Crippen molar-refractivity contribution in [2.24, 2.45) is 5.73 Å². The number of ether oxygens (including phenoxy) is 2. The third kappa shape index (κ3) is 5.16. The Morgan fingerprint density at radius 3 is 2.81 bits per heavy atom. The van der Waals surface area contributed by atoms with E-state index in [4.69, 9.17) is 15.2 Å². The van der Waals surface area contributed by atoms with Gasteiger partial charge in [-0.15, -0.1) is 17.5 Å². The Labute approximate surface area is 216 Å². The van der Waals surface area contributed by atoms with Gasteiger partial charge in [-0.3, -0.25) is 15.0 Å².